The molecule has 1 aromatic carbocycles. The zero-order valence-corrected chi connectivity index (χ0v) is 11.0. The van der Waals surface area contributed by atoms with Gasteiger partial charge in [-0.1, -0.05) is 31.2 Å². The standard InChI is InChI=1S/C13H18O3S/c1-10(13(15)16-2)8-17-9-12-5-3-11(7-14)4-6-12/h3-6,10,14H,7-9H2,1-2H3. The molecule has 0 aromatic heterocycles. The van der Waals surface area contributed by atoms with Crippen molar-refractivity contribution in [1.82, 2.24) is 0 Å². The monoisotopic (exact) mass is 254 g/mol. The van der Waals surface area contributed by atoms with Gasteiger partial charge in [-0.2, -0.15) is 11.8 Å². The van der Waals surface area contributed by atoms with Gasteiger partial charge in [-0.05, 0) is 11.1 Å². The van der Waals surface area contributed by atoms with Crippen LogP contribution < -0.4 is 0 Å². The molecule has 1 atom stereocenters. The van der Waals surface area contributed by atoms with Crippen molar-refractivity contribution in [3.05, 3.63) is 35.4 Å². The second-order valence-electron chi connectivity index (χ2n) is 3.91. The van der Waals surface area contributed by atoms with Crippen molar-refractivity contribution in [3.8, 4) is 0 Å². The molecule has 1 rings (SSSR count). The molecular formula is C13H18O3S. The topological polar surface area (TPSA) is 46.5 Å². The van der Waals surface area contributed by atoms with E-state index in [1.54, 1.807) is 11.8 Å². The molecule has 0 saturated heterocycles. The normalized spacial score (nSPS) is 12.2. The van der Waals surface area contributed by atoms with Crippen LogP contribution in [-0.4, -0.2) is 23.9 Å². The lowest BCUT2D eigenvalue weighted by Crippen LogP contribution is -2.14. The number of thioether (sulfide) groups is 1. The van der Waals surface area contributed by atoms with Crippen molar-refractivity contribution in [2.45, 2.75) is 19.3 Å². The SMILES string of the molecule is COC(=O)C(C)CSCc1ccc(CO)cc1. The van der Waals surface area contributed by atoms with Gasteiger partial charge in [0.2, 0.25) is 0 Å². The van der Waals surface area contributed by atoms with Gasteiger partial charge in [-0.3, -0.25) is 4.79 Å². The van der Waals surface area contributed by atoms with Gasteiger partial charge < -0.3 is 9.84 Å². The minimum Gasteiger partial charge on any atom is -0.469 e. The van der Waals surface area contributed by atoms with Gasteiger partial charge in [0.1, 0.15) is 0 Å². The van der Waals surface area contributed by atoms with E-state index in [2.05, 4.69) is 4.74 Å². The van der Waals surface area contributed by atoms with E-state index >= 15 is 0 Å². The van der Waals surface area contributed by atoms with Crippen molar-refractivity contribution >= 4 is 17.7 Å². The van der Waals surface area contributed by atoms with Crippen molar-refractivity contribution in [2.75, 3.05) is 12.9 Å². The molecule has 0 heterocycles. The first-order valence-corrected chi connectivity index (χ1v) is 6.67. The van der Waals surface area contributed by atoms with Crippen LogP contribution in [0.3, 0.4) is 0 Å². The molecule has 0 radical (unpaired) electrons. The zero-order valence-electron chi connectivity index (χ0n) is 10.2. The summed E-state index contributed by atoms with van der Waals surface area (Å²) >= 11 is 1.71. The fourth-order valence-corrected chi connectivity index (χ4v) is 2.40. The number of aliphatic hydroxyl groups is 1. The smallest absolute Gasteiger partial charge is 0.309 e. The number of methoxy groups -OCH3 is 1. The lowest BCUT2D eigenvalue weighted by molar-refractivity contribution is -0.143. The Labute approximate surface area is 106 Å². The number of hydrogen-bond donors (Lipinski definition) is 1. The summed E-state index contributed by atoms with van der Waals surface area (Å²) in [5.74, 6) is 1.40. The van der Waals surface area contributed by atoms with E-state index in [1.165, 1.54) is 12.7 Å². The molecule has 0 bridgehead atoms. The maximum absolute atomic E-state index is 11.2. The minimum absolute atomic E-state index is 0.0679. The minimum atomic E-state index is -0.159. The van der Waals surface area contributed by atoms with Crippen LogP contribution in [0.1, 0.15) is 18.1 Å². The molecule has 0 spiro atoms. The molecule has 0 aliphatic heterocycles. The number of rotatable bonds is 6. The Kier molecular flexibility index (Phi) is 6.08. The van der Waals surface area contributed by atoms with E-state index in [9.17, 15) is 4.79 Å². The Bertz CT molecular complexity index is 348. The third-order valence-corrected chi connectivity index (χ3v) is 3.72. The molecule has 1 unspecified atom stereocenters. The molecule has 0 saturated carbocycles. The number of esters is 1. The maximum Gasteiger partial charge on any atom is 0.309 e. The molecular weight excluding hydrogens is 236 g/mol. The van der Waals surface area contributed by atoms with Crippen molar-refractivity contribution in [3.63, 3.8) is 0 Å². The molecule has 1 aromatic rings. The van der Waals surface area contributed by atoms with E-state index in [0.717, 1.165) is 17.1 Å². The highest BCUT2D eigenvalue weighted by Gasteiger charge is 2.12. The summed E-state index contributed by atoms with van der Waals surface area (Å²) in [7, 11) is 1.41. The van der Waals surface area contributed by atoms with E-state index in [-0.39, 0.29) is 18.5 Å². The summed E-state index contributed by atoms with van der Waals surface area (Å²) in [6, 6.07) is 7.84. The average molecular weight is 254 g/mol. The van der Waals surface area contributed by atoms with Crippen LogP contribution in [0.4, 0.5) is 0 Å². The molecule has 0 aliphatic rings. The highest BCUT2D eigenvalue weighted by Crippen LogP contribution is 2.16. The van der Waals surface area contributed by atoms with Gasteiger partial charge in [0.15, 0.2) is 0 Å². The maximum atomic E-state index is 11.2. The number of carbonyl (C=O) groups is 1. The average Bonchev–Trinajstić information content (AvgIpc) is 2.38. The van der Waals surface area contributed by atoms with Crippen LogP contribution in [0.15, 0.2) is 24.3 Å². The number of aliphatic hydroxyl groups excluding tert-OH is 1. The third kappa shape index (κ3) is 4.79. The van der Waals surface area contributed by atoms with E-state index in [1.807, 2.05) is 31.2 Å². The molecule has 94 valence electrons. The largest absolute Gasteiger partial charge is 0.469 e. The molecule has 4 heteroatoms. The van der Waals surface area contributed by atoms with Crippen molar-refractivity contribution < 1.29 is 14.6 Å². The highest BCUT2D eigenvalue weighted by molar-refractivity contribution is 7.98. The van der Waals surface area contributed by atoms with Crippen LogP contribution in [0, 0.1) is 5.92 Å². The summed E-state index contributed by atoms with van der Waals surface area (Å²) in [4.78, 5) is 11.2. The van der Waals surface area contributed by atoms with Crippen molar-refractivity contribution in [1.29, 1.82) is 0 Å². The number of hydrogen-bond acceptors (Lipinski definition) is 4. The fraction of sp³-hybridized carbons (Fsp3) is 0.462. The van der Waals surface area contributed by atoms with Crippen LogP contribution in [-0.2, 0) is 21.9 Å². The summed E-state index contributed by atoms with van der Waals surface area (Å²) in [5.41, 5.74) is 2.12. The van der Waals surface area contributed by atoms with Gasteiger partial charge in [0.05, 0.1) is 19.6 Å². The third-order valence-electron chi connectivity index (χ3n) is 2.45. The molecule has 0 amide bonds. The predicted octanol–water partition coefficient (Wildman–Crippen LogP) is 2.22. The first-order chi connectivity index (χ1) is 8.17. The first-order valence-electron chi connectivity index (χ1n) is 5.51. The molecule has 3 nitrogen and oxygen atoms in total. The highest BCUT2D eigenvalue weighted by atomic mass is 32.2. The van der Waals surface area contributed by atoms with Crippen LogP contribution >= 0.6 is 11.8 Å². The second kappa shape index (κ2) is 7.35. The fourth-order valence-electron chi connectivity index (χ4n) is 1.36. The molecule has 0 fully saturated rings. The predicted molar refractivity (Wildman–Crippen MR) is 69.7 cm³/mol. The Hall–Kier alpha value is -1.00. The Morgan fingerprint density at radius 2 is 1.94 bits per heavy atom. The summed E-state index contributed by atoms with van der Waals surface area (Å²) in [5, 5.41) is 8.91. The first kappa shape index (κ1) is 14.1. The van der Waals surface area contributed by atoms with Gasteiger partial charge in [-0.25, -0.2) is 0 Å². The van der Waals surface area contributed by atoms with Crippen molar-refractivity contribution in [2.24, 2.45) is 5.92 Å². The Balaban J connectivity index is 2.33. The molecule has 1 N–H and O–H groups in total. The number of benzene rings is 1. The number of ether oxygens (including phenoxy) is 1. The van der Waals surface area contributed by atoms with Gasteiger partial charge in [0.25, 0.3) is 0 Å². The van der Waals surface area contributed by atoms with Crippen LogP contribution in [0.25, 0.3) is 0 Å². The summed E-state index contributed by atoms with van der Waals surface area (Å²) < 4.78 is 4.66. The number of carbonyl (C=O) groups excluding carboxylic acids is 1. The Morgan fingerprint density at radius 3 is 2.47 bits per heavy atom. The van der Waals surface area contributed by atoms with E-state index < -0.39 is 0 Å². The second-order valence-corrected chi connectivity index (χ2v) is 4.94. The van der Waals surface area contributed by atoms with Crippen LogP contribution in [0.5, 0.6) is 0 Å². The van der Waals surface area contributed by atoms with E-state index in [0.29, 0.717) is 0 Å². The molecule has 0 aliphatic carbocycles. The van der Waals surface area contributed by atoms with Gasteiger partial charge in [-0.15, -0.1) is 0 Å². The van der Waals surface area contributed by atoms with Crippen LogP contribution in [0.2, 0.25) is 0 Å². The Morgan fingerprint density at radius 1 is 1.35 bits per heavy atom. The molecule has 17 heavy (non-hydrogen) atoms. The lowest BCUT2D eigenvalue weighted by atomic mass is 10.2. The zero-order chi connectivity index (χ0) is 12.7. The van der Waals surface area contributed by atoms with Gasteiger partial charge in [0, 0.05) is 11.5 Å². The van der Waals surface area contributed by atoms with E-state index in [4.69, 9.17) is 5.11 Å². The summed E-state index contributed by atoms with van der Waals surface area (Å²) in [6.45, 7) is 1.94. The quantitative estimate of drug-likeness (QED) is 0.791. The lowest BCUT2D eigenvalue weighted by Gasteiger charge is -2.08. The summed E-state index contributed by atoms with van der Waals surface area (Å²) in [6.07, 6.45) is 0. The van der Waals surface area contributed by atoms with Gasteiger partial charge >= 0.3 is 5.97 Å².